The lowest BCUT2D eigenvalue weighted by molar-refractivity contribution is -0.0627. The summed E-state index contributed by atoms with van der Waals surface area (Å²) in [7, 11) is 0. The Labute approximate surface area is 116 Å². The van der Waals surface area contributed by atoms with Gasteiger partial charge < -0.3 is 20.1 Å². The highest BCUT2D eigenvalue weighted by molar-refractivity contribution is 5.67. The number of nitrogens with one attached hydrogen (secondary N) is 2. The molecule has 1 saturated heterocycles. The van der Waals surface area contributed by atoms with E-state index in [-0.39, 0.29) is 11.7 Å². The number of carbonyl (C=O) groups excluding carboxylic acids is 1. The second-order valence-corrected chi connectivity index (χ2v) is 6.68. The van der Waals surface area contributed by atoms with Crippen LogP contribution >= 0.6 is 0 Å². The average Bonchev–Trinajstić information content (AvgIpc) is 2.20. The Kier molecular flexibility index (Phi) is 5.62. The molecule has 1 heterocycles. The van der Waals surface area contributed by atoms with Gasteiger partial charge in [-0.3, -0.25) is 0 Å². The normalized spacial score (nSPS) is 22.9. The van der Waals surface area contributed by atoms with Crippen molar-refractivity contribution < 1.29 is 14.3 Å². The zero-order valence-corrected chi connectivity index (χ0v) is 12.8. The molecular formula is C14H28N2O3. The summed E-state index contributed by atoms with van der Waals surface area (Å²) in [6, 6.07) is 0.462. The standard InChI is InChI=1S/C14H28N2O3/c1-13(2,3)19-12(17)16-8-7-15-11-6-9-18-14(4,5)10-11/h11,15H,6-10H2,1-5H3,(H,16,17). The first kappa shape index (κ1) is 16.2. The summed E-state index contributed by atoms with van der Waals surface area (Å²) >= 11 is 0. The van der Waals surface area contributed by atoms with Crippen molar-refractivity contribution in [2.75, 3.05) is 19.7 Å². The van der Waals surface area contributed by atoms with Crippen molar-refractivity contribution in [1.82, 2.24) is 10.6 Å². The fourth-order valence-corrected chi connectivity index (χ4v) is 2.16. The second-order valence-electron chi connectivity index (χ2n) is 6.68. The molecule has 1 rings (SSSR count). The minimum absolute atomic E-state index is 0.0471. The van der Waals surface area contributed by atoms with Gasteiger partial charge in [-0.05, 0) is 47.5 Å². The molecule has 0 spiro atoms. The molecule has 19 heavy (non-hydrogen) atoms. The van der Waals surface area contributed by atoms with Gasteiger partial charge in [0.05, 0.1) is 5.60 Å². The summed E-state index contributed by atoms with van der Waals surface area (Å²) in [6.07, 6.45) is 1.66. The largest absolute Gasteiger partial charge is 0.444 e. The number of hydrogen-bond donors (Lipinski definition) is 2. The lowest BCUT2D eigenvalue weighted by atomic mass is 9.94. The van der Waals surface area contributed by atoms with Gasteiger partial charge in [-0.15, -0.1) is 0 Å². The van der Waals surface area contributed by atoms with E-state index in [1.54, 1.807) is 0 Å². The van der Waals surface area contributed by atoms with Gasteiger partial charge in [0, 0.05) is 25.7 Å². The highest BCUT2D eigenvalue weighted by Gasteiger charge is 2.28. The van der Waals surface area contributed by atoms with E-state index in [1.165, 1.54) is 0 Å². The van der Waals surface area contributed by atoms with Crippen LogP contribution in [-0.4, -0.2) is 43.0 Å². The van der Waals surface area contributed by atoms with E-state index in [9.17, 15) is 4.79 Å². The summed E-state index contributed by atoms with van der Waals surface area (Å²) in [4.78, 5) is 11.4. The van der Waals surface area contributed by atoms with Gasteiger partial charge in [0.2, 0.25) is 0 Å². The predicted octanol–water partition coefficient (Wildman–Crippen LogP) is 2.06. The molecular weight excluding hydrogens is 244 g/mol. The molecule has 1 unspecified atom stereocenters. The lowest BCUT2D eigenvalue weighted by Gasteiger charge is -2.36. The average molecular weight is 272 g/mol. The van der Waals surface area contributed by atoms with Gasteiger partial charge in [-0.25, -0.2) is 4.79 Å². The van der Waals surface area contributed by atoms with E-state index in [0.717, 1.165) is 26.0 Å². The second kappa shape index (κ2) is 6.57. The molecule has 5 nitrogen and oxygen atoms in total. The van der Waals surface area contributed by atoms with Crippen LogP contribution in [-0.2, 0) is 9.47 Å². The van der Waals surface area contributed by atoms with Crippen molar-refractivity contribution in [3.8, 4) is 0 Å². The number of hydrogen-bond acceptors (Lipinski definition) is 4. The molecule has 0 aromatic heterocycles. The van der Waals surface area contributed by atoms with Gasteiger partial charge in [0.25, 0.3) is 0 Å². The van der Waals surface area contributed by atoms with Crippen molar-refractivity contribution in [1.29, 1.82) is 0 Å². The van der Waals surface area contributed by atoms with Gasteiger partial charge in [0.1, 0.15) is 5.60 Å². The first-order valence-electron chi connectivity index (χ1n) is 7.02. The van der Waals surface area contributed by atoms with Crippen molar-refractivity contribution >= 4 is 6.09 Å². The summed E-state index contributed by atoms with van der Waals surface area (Å²) in [5, 5.41) is 6.19. The molecule has 5 heteroatoms. The molecule has 1 aliphatic rings. The third-order valence-electron chi connectivity index (χ3n) is 2.92. The Morgan fingerprint density at radius 1 is 1.37 bits per heavy atom. The molecule has 112 valence electrons. The Morgan fingerprint density at radius 3 is 2.63 bits per heavy atom. The SMILES string of the molecule is CC(C)(C)OC(=O)NCCNC1CCOC(C)(C)C1. The Hall–Kier alpha value is -0.810. The molecule has 1 atom stereocenters. The summed E-state index contributed by atoms with van der Waals surface area (Å²) in [5.74, 6) is 0. The van der Waals surface area contributed by atoms with Crippen LogP contribution in [0, 0.1) is 0 Å². The summed E-state index contributed by atoms with van der Waals surface area (Å²) < 4.78 is 10.8. The zero-order chi connectivity index (χ0) is 14.5. The van der Waals surface area contributed by atoms with Gasteiger partial charge in [0.15, 0.2) is 0 Å². The van der Waals surface area contributed by atoms with E-state index in [0.29, 0.717) is 12.6 Å². The van der Waals surface area contributed by atoms with E-state index in [4.69, 9.17) is 9.47 Å². The fourth-order valence-electron chi connectivity index (χ4n) is 2.16. The van der Waals surface area contributed by atoms with Crippen molar-refractivity contribution in [3.63, 3.8) is 0 Å². The summed E-state index contributed by atoms with van der Waals surface area (Å²) in [5.41, 5.74) is -0.489. The van der Waals surface area contributed by atoms with Crippen LogP contribution in [0.5, 0.6) is 0 Å². The highest BCUT2D eigenvalue weighted by atomic mass is 16.6. The van der Waals surface area contributed by atoms with Gasteiger partial charge >= 0.3 is 6.09 Å². The third kappa shape index (κ3) is 7.38. The molecule has 0 aromatic carbocycles. The highest BCUT2D eigenvalue weighted by Crippen LogP contribution is 2.23. The minimum Gasteiger partial charge on any atom is -0.444 e. The molecule has 1 fully saturated rings. The molecule has 0 aromatic rings. The van der Waals surface area contributed by atoms with Crippen molar-refractivity contribution in [2.24, 2.45) is 0 Å². The maximum atomic E-state index is 11.4. The topological polar surface area (TPSA) is 59.6 Å². The first-order chi connectivity index (χ1) is 8.68. The maximum Gasteiger partial charge on any atom is 0.407 e. The van der Waals surface area contributed by atoms with Crippen LogP contribution in [0.15, 0.2) is 0 Å². The van der Waals surface area contributed by atoms with E-state index >= 15 is 0 Å². The molecule has 0 aliphatic carbocycles. The van der Waals surface area contributed by atoms with Gasteiger partial charge in [-0.1, -0.05) is 0 Å². The molecule has 1 aliphatic heterocycles. The van der Waals surface area contributed by atoms with Crippen LogP contribution in [0.4, 0.5) is 4.79 Å². The number of rotatable bonds is 4. The number of amides is 1. The van der Waals surface area contributed by atoms with Crippen LogP contribution in [0.2, 0.25) is 0 Å². The first-order valence-corrected chi connectivity index (χ1v) is 7.02. The Balaban J connectivity index is 2.12. The van der Waals surface area contributed by atoms with Gasteiger partial charge in [-0.2, -0.15) is 0 Å². The lowest BCUT2D eigenvalue weighted by Crippen LogP contribution is -2.46. The monoisotopic (exact) mass is 272 g/mol. The molecule has 0 bridgehead atoms. The van der Waals surface area contributed by atoms with Crippen LogP contribution < -0.4 is 10.6 Å². The molecule has 1 amide bonds. The molecule has 2 N–H and O–H groups in total. The quantitative estimate of drug-likeness (QED) is 0.769. The maximum absolute atomic E-state index is 11.4. The summed E-state index contributed by atoms with van der Waals surface area (Å²) in [6.45, 7) is 11.9. The molecule has 0 radical (unpaired) electrons. The van der Waals surface area contributed by atoms with E-state index < -0.39 is 5.60 Å². The smallest absolute Gasteiger partial charge is 0.407 e. The van der Waals surface area contributed by atoms with Crippen LogP contribution in [0.25, 0.3) is 0 Å². The molecule has 0 saturated carbocycles. The Bertz CT molecular complexity index is 298. The van der Waals surface area contributed by atoms with Crippen LogP contribution in [0.1, 0.15) is 47.5 Å². The third-order valence-corrected chi connectivity index (χ3v) is 2.92. The van der Waals surface area contributed by atoms with E-state index in [2.05, 4.69) is 24.5 Å². The zero-order valence-electron chi connectivity index (χ0n) is 12.8. The van der Waals surface area contributed by atoms with Crippen molar-refractivity contribution in [3.05, 3.63) is 0 Å². The van der Waals surface area contributed by atoms with Crippen LogP contribution in [0.3, 0.4) is 0 Å². The number of alkyl carbamates (subject to hydrolysis) is 1. The fraction of sp³-hybridized carbons (Fsp3) is 0.929. The number of carbonyl (C=O) groups is 1. The Morgan fingerprint density at radius 2 is 2.05 bits per heavy atom. The predicted molar refractivity (Wildman–Crippen MR) is 75.3 cm³/mol. The minimum atomic E-state index is -0.442. The van der Waals surface area contributed by atoms with E-state index in [1.807, 2.05) is 20.8 Å². The van der Waals surface area contributed by atoms with Crippen molar-refractivity contribution in [2.45, 2.75) is 64.7 Å². The number of ether oxygens (including phenoxy) is 2.